The summed E-state index contributed by atoms with van der Waals surface area (Å²) in [5.41, 5.74) is 3.09. The quantitative estimate of drug-likeness (QED) is 0.722. The van der Waals surface area contributed by atoms with E-state index in [9.17, 15) is 0 Å². The molecule has 1 heterocycles. The molecular weight excluding hydrogens is 211 g/mol. The van der Waals surface area contributed by atoms with Gasteiger partial charge in [-0.3, -0.25) is 4.98 Å². The second-order valence-corrected chi connectivity index (χ2v) is 3.91. The Morgan fingerprint density at radius 2 is 1.88 bits per heavy atom. The van der Waals surface area contributed by atoms with Crippen molar-refractivity contribution in [3.05, 3.63) is 59.9 Å². The minimum Gasteiger partial charge on any atom is -0.449 e. The zero-order valence-corrected chi connectivity index (χ0v) is 9.63. The molecule has 17 heavy (non-hydrogen) atoms. The normalized spacial score (nSPS) is 10.2. The second kappa shape index (κ2) is 6.18. The third-order valence-corrected chi connectivity index (χ3v) is 2.55. The van der Waals surface area contributed by atoms with E-state index in [2.05, 4.69) is 22.4 Å². The molecule has 0 spiro atoms. The van der Waals surface area contributed by atoms with Gasteiger partial charge in [0, 0.05) is 19.3 Å². The summed E-state index contributed by atoms with van der Waals surface area (Å²) in [6, 6.07) is 14.1. The Bertz CT molecular complexity index is 445. The molecule has 0 unspecified atom stereocenters. The Kier molecular flexibility index (Phi) is 4.30. The average molecular weight is 226 g/mol. The predicted octanol–water partition coefficient (Wildman–Crippen LogP) is 0.340. The summed E-state index contributed by atoms with van der Waals surface area (Å²) in [6.45, 7) is 1.57. The molecule has 2 rings (SSSR count). The fourth-order valence-electron chi connectivity index (χ4n) is 1.58. The van der Waals surface area contributed by atoms with Crippen LogP contribution in [-0.4, -0.2) is 17.5 Å². The molecule has 2 N–H and O–H groups in total. The highest BCUT2D eigenvalue weighted by Crippen LogP contribution is 1.98. The standard InChI is InChI=1S/C13H15BN2O/c17-14-12-6-7-13(16-9-12)10-15-8-11-4-2-1-3-5-11/h1-7,9,14-15,17H,8,10H2. The number of nitrogens with one attached hydrogen (secondary N) is 1. The monoisotopic (exact) mass is 226 g/mol. The molecule has 4 heteroatoms. The summed E-state index contributed by atoms with van der Waals surface area (Å²) in [5, 5.41) is 12.2. The number of nitrogens with zero attached hydrogens (tertiary/aromatic N) is 1. The van der Waals surface area contributed by atoms with Gasteiger partial charge in [-0.05, 0) is 17.1 Å². The van der Waals surface area contributed by atoms with Crippen molar-refractivity contribution in [2.24, 2.45) is 0 Å². The Morgan fingerprint density at radius 3 is 2.53 bits per heavy atom. The molecule has 0 aliphatic carbocycles. The van der Waals surface area contributed by atoms with Gasteiger partial charge in [0.05, 0.1) is 5.69 Å². The maximum absolute atomic E-state index is 8.90. The molecule has 0 aliphatic heterocycles. The number of aromatic nitrogens is 1. The zero-order chi connectivity index (χ0) is 11.9. The summed E-state index contributed by atoms with van der Waals surface area (Å²) in [4.78, 5) is 4.26. The molecule has 0 amide bonds. The van der Waals surface area contributed by atoms with Crippen LogP contribution in [0.2, 0.25) is 0 Å². The van der Waals surface area contributed by atoms with Gasteiger partial charge in [-0.25, -0.2) is 0 Å². The Hall–Kier alpha value is -1.65. The molecule has 1 aromatic heterocycles. The van der Waals surface area contributed by atoms with Crippen LogP contribution in [0, 0.1) is 0 Å². The lowest BCUT2D eigenvalue weighted by atomic mass is 9.91. The van der Waals surface area contributed by atoms with Gasteiger partial charge < -0.3 is 10.3 Å². The van der Waals surface area contributed by atoms with E-state index in [4.69, 9.17) is 5.02 Å². The van der Waals surface area contributed by atoms with Crippen molar-refractivity contribution in [3.63, 3.8) is 0 Å². The summed E-state index contributed by atoms with van der Waals surface area (Å²) in [6.07, 6.45) is 1.71. The van der Waals surface area contributed by atoms with Crippen LogP contribution in [-0.2, 0) is 13.1 Å². The van der Waals surface area contributed by atoms with Crippen molar-refractivity contribution in [2.75, 3.05) is 0 Å². The maximum Gasteiger partial charge on any atom is 0.306 e. The van der Waals surface area contributed by atoms with E-state index < -0.39 is 0 Å². The first-order chi connectivity index (χ1) is 8.38. The largest absolute Gasteiger partial charge is 0.449 e. The van der Waals surface area contributed by atoms with Crippen LogP contribution in [0.1, 0.15) is 11.3 Å². The van der Waals surface area contributed by atoms with Gasteiger partial charge in [0.25, 0.3) is 0 Å². The van der Waals surface area contributed by atoms with Crippen LogP contribution in [0.5, 0.6) is 0 Å². The highest BCUT2D eigenvalue weighted by molar-refractivity contribution is 6.45. The van der Waals surface area contributed by atoms with Crippen molar-refractivity contribution in [1.29, 1.82) is 0 Å². The fourth-order valence-corrected chi connectivity index (χ4v) is 1.58. The van der Waals surface area contributed by atoms with E-state index in [1.54, 1.807) is 6.20 Å². The zero-order valence-electron chi connectivity index (χ0n) is 9.63. The molecule has 2 aromatic rings. The van der Waals surface area contributed by atoms with E-state index in [0.717, 1.165) is 24.2 Å². The van der Waals surface area contributed by atoms with Gasteiger partial charge >= 0.3 is 7.48 Å². The highest BCUT2D eigenvalue weighted by Gasteiger charge is 1.96. The van der Waals surface area contributed by atoms with Crippen LogP contribution in [0.4, 0.5) is 0 Å². The van der Waals surface area contributed by atoms with E-state index in [1.165, 1.54) is 5.56 Å². The van der Waals surface area contributed by atoms with E-state index in [1.807, 2.05) is 30.3 Å². The molecule has 86 valence electrons. The molecule has 0 aliphatic rings. The maximum atomic E-state index is 8.90. The third-order valence-electron chi connectivity index (χ3n) is 2.55. The van der Waals surface area contributed by atoms with Crippen LogP contribution in [0.15, 0.2) is 48.7 Å². The first-order valence-corrected chi connectivity index (χ1v) is 5.68. The molecule has 0 fully saturated rings. The average Bonchev–Trinajstić information content (AvgIpc) is 2.41. The molecule has 0 saturated heterocycles. The molecule has 0 bridgehead atoms. The van der Waals surface area contributed by atoms with Crippen molar-refractivity contribution < 1.29 is 5.02 Å². The lowest BCUT2D eigenvalue weighted by Gasteiger charge is -2.04. The SMILES string of the molecule is OBc1ccc(CNCc2ccccc2)nc1. The number of pyridine rings is 1. The van der Waals surface area contributed by atoms with Crippen molar-refractivity contribution in [2.45, 2.75) is 13.1 Å². The topological polar surface area (TPSA) is 45.1 Å². The minimum absolute atomic E-state index is 0.0464. The lowest BCUT2D eigenvalue weighted by Crippen LogP contribution is -2.17. The fraction of sp³-hybridized carbons (Fsp3) is 0.154. The van der Waals surface area contributed by atoms with E-state index >= 15 is 0 Å². The molecule has 0 atom stereocenters. The van der Waals surface area contributed by atoms with Crippen LogP contribution in [0.3, 0.4) is 0 Å². The third kappa shape index (κ3) is 3.69. The van der Waals surface area contributed by atoms with Crippen LogP contribution in [0.25, 0.3) is 0 Å². The first-order valence-electron chi connectivity index (χ1n) is 5.68. The van der Waals surface area contributed by atoms with Crippen LogP contribution >= 0.6 is 0 Å². The first kappa shape index (κ1) is 11.8. The summed E-state index contributed by atoms with van der Waals surface area (Å²) >= 11 is 0. The second-order valence-electron chi connectivity index (χ2n) is 3.91. The van der Waals surface area contributed by atoms with Gasteiger partial charge in [0.2, 0.25) is 0 Å². The molecule has 3 nitrogen and oxygen atoms in total. The number of hydrogen-bond acceptors (Lipinski definition) is 3. The molecular formula is C13H15BN2O. The predicted molar refractivity (Wildman–Crippen MR) is 70.2 cm³/mol. The molecule has 0 saturated carbocycles. The highest BCUT2D eigenvalue weighted by atomic mass is 16.2. The molecule has 0 radical (unpaired) electrons. The summed E-state index contributed by atoms with van der Waals surface area (Å²) in [7, 11) is 0.0464. The van der Waals surface area contributed by atoms with E-state index in [0.29, 0.717) is 0 Å². The van der Waals surface area contributed by atoms with Gasteiger partial charge in [-0.2, -0.15) is 0 Å². The van der Waals surface area contributed by atoms with Crippen molar-refractivity contribution in [1.82, 2.24) is 10.3 Å². The number of hydrogen-bond donors (Lipinski definition) is 2. The smallest absolute Gasteiger partial charge is 0.306 e. The van der Waals surface area contributed by atoms with Gasteiger partial charge in [-0.15, -0.1) is 0 Å². The van der Waals surface area contributed by atoms with Gasteiger partial charge in [0.1, 0.15) is 0 Å². The summed E-state index contributed by atoms with van der Waals surface area (Å²) < 4.78 is 0. The van der Waals surface area contributed by atoms with Crippen molar-refractivity contribution >= 4 is 12.9 Å². The van der Waals surface area contributed by atoms with Gasteiger partial charge in [-0.1, -0.05) is 36.4 Å². The Labute approximate surface area is 102 Å². The Balaban J connectivity index is 1.82. The molecule has 1 aromatic carbocycles. The minimum atomic E-state index is 0.0464. The number of benzene rings is 1. The van der Waals surface area contributed by atoms with E-state index in [-0.39, 0.29) is 7.48 Å². The van der Waals surface area contributed by atoms with Crippen LogP contribution < -0.4 is 10.8 Å². The summed E-state index contributed by atoms with van der Waals surface area (Å²) in [5.74, 6) is 0. The number of rotatable bonds is 5. The van der Waals surface area contributed by atoms with Crippen molar-refractivity contribution in [3.8, 4) is 0 Å². The lowest BCUT2D eigenvalue weighted by molar-refractivity contribution is 0.615. The Morgan fingerprint density at radius 1 is 1.06 bits per heavy atom. The van der Waals surface area contributed by atoms with Gasteiger partial charge in [0.15, 0.2) is 0 Å².